The number of alkyl halides is 2. The summed E-state index contributed by atoms with van der Waals surface area (Å²) in [4.78, 5) is 32.9. The molecule has 3 aromatic rings. The van der Waals surface area contributed by atoms with Crippen LogP contribution in [0.25, 0.3) is 11.0 Å². The van der Waals surface area contributed by atoms with Gasteiger partial charge in [-0.1, -0.05) is 46.8 Å². The third-order valence-corrected chi connectivity index (χ3v) is 8.06. The number of fused-ring (bicyclic) bond motifs is 1. The molecule has 4 rings (SSSR count). The van der Waals surface area contributed by atoms with Gasteiger partial charge in [0, 0.05) is 26.2 Å². The molecule has 11 heteroatoms. The Balaban J connectivity index is 1.65. The molecule has 224 valence electrons. The molecule has 0 radical (unpaired) electrons. The highest BCUT2D eigenvalue weighted by Crippen LogP contribution is 2.30. The molecule has 1 aliphatic rings. The van der Waals surface area contributed by atoms with Crippen LogP contribution in [-0.4, -0.2) is 45.4 Å². The molecule has 2 amide bonds. The predicted molar refractivity (Wildman–Crippen MR) is 161 cm³/mol. The molecule has 1 aliphatic heterocycles. The molecule has 1 aromatic carbocycles. The first-order valence-electron chi connectivity index (χ1n) is 14.2. The molecule has 8 nitrogen and oxygen atoms in total. The number of carbonyl (C=O) groups excluding carboxylic acids is 2. The standard InChI is InChI=1S/C31H38F2N6O2S/c1-19(2)13-21(15-34)29(41)38-12-6-7-22(38)17-39-24-9-8-20(16-35-18-31(3,4)5)14-23(24)36-30(39)37-28(40)26-11-10-25(42-26)27(32)33/h8-11,13-14,19,22,27,35H,6-7,12,16-18H2,1-5H3,(H,36,37,40)/b21-13+/t22-/m1/s1. The Bertz CT molecular complexity index is 1510. The number of imidazole rings is 1. The van der Waals surface area contributed by atoms with Crippen LogP contribution in [0.15, 0.2) is 42.0 Å². The van der Waals surface area contributed by atoms with Crippen LogP contribution in [0.4, 0.5) is 14.7 Å². The van der Waals surface area contributed by atoms with Crippen molar-refractivity contribution in [3.63, 3.8) is 0 Å². The van der Waals surface area contributed by atoms with Crippen LogP contribution in [0.2, 0.25) is 0 Å². The van der Waals surface area contributed by atoms with Crippen LogP contribution >= 0.6 is 11.3 Å². The predicted octanol–water partition coefficient (Wildman–Crippen LogP) is 6.52. The summed E-state index contributed by atoms with van der Waals surface area (Å²) >= 11 is 0.745. The van der Waals surface area contributed by atoms with E-state index in [1.54, 1.807) is 11.0 Å². The number of aromatic nitrogens is 2. The van der Waals surface area contributed by atoms with Crippen molar-refractivity contribution in [3.05, 3.63) is 57.3 Å². The Morgan fingerprint density at radius 3 is 2.64 bits per heavy atom. The minimum absolute atomic E-state index is 0.0546. The first kappa shape index (κ1) is 31.3. The molecular formula is C31H38F2N6O2S. The van der Waals surface area contributed by atoms with Crippen LogP contribution in [0.3, 0.4) is 0 Å². The van der Waals surface area contributed by atoms with E-state index in [-0.39, 0.29) is 44.6 Å². The van der Waals surface area contributed by atoms with Crippen LogP contribution in [0, 0.1) is 22.7 Å². The lowest BCUT2D eigenvalue weighted by molar-refractivity contribution is -0.127. The van der Waals surface area contributed by atoms with E-state index in [0.29, 0.717) is 25.2 Å². The summed E-state index contributed by atoms with van der Waals surface area (Å²) in [5.74, 6) is -0.492. The monoisotopic (exact) mass is 596 g/mol. The molecule has 0 saturated carbocycles. The van der Waals surface area contributed by atoms with Gasteiger partial charge in [0.25, 0.3) is 18.2 Å². The van der Waals surface area contributed by atoms with E-state index < -0.39 is 12.3 Å². The fourth-order valence-corrected chi connectivity index (χ4v) is 5.81. The molecule has 0 bridgehead atoms. The van der Waals surface area contributed by atoms with Crippen LogP contribution in [-0.2, 0) is 17.9 Å². The zero-order valence-corrected chi connectivity index (χ0v) is 25.5. The number of nitrogens with zero attached hydrogens (tertiary/aromatic N) is 4. The second-order valence-corrected chi connectivity index (χ2v) is 13.3. The maximum atomic E-state index is 13.3. The number of benzene rings is 1. The Hall–Kier alpha value is -3.62. The lowest BCUT2D eigenvalue weighted by Crippen LogP contribution is -2.39. The summed E-state index contributed by atoms with van der Waals surface area (Å²) in [7, 11) is 0. The van der Waals surface area contributed by atoms with Crippen molar-refractivity contribution in [2.45, 2.75) is 73.0 Å². The number of carbonyl (C=O) groups is 2. The average molecular weight is 597 g/mol. The van der Waals surface area contributed by atoms with Crippen molar-refractivity contribution in [3.8, 4) is 6.07 Å². The van der Waals surface area contributed by atoms with Crippen LogP contribution < -0.4 is 10.6 Å². The Labute approximate surface area is 249 Å². The van der Waals surface area contributed by atoms with Gasteiger partial charge in [0.1, 0.15) is 11.6 Å². The fraction of sp³-hybridized carbons (Fsp3) is 0.484. The number of hydrogen-bond acceptors (Lipinski definition) is 6. The molecule has 0 aliphatic carbocycles. The lowest BCUT2D eigenvalue weighted by atomic mass is 9.97. The van der Waals surface area contributed by atoms with E-state index in [2.05, 4.69) is 37.5 Å². The highest BCUT2D eigenvalue weighted by atomic mass is 32.1. The van der Waals surface area contributed by atoms with Crippen molar-refractivity contribution in [2.24, 2.45) is 11.3 Å². The molecule has 1 fully saturated rings. The third-order valence-electron chi connectivity index (χ3n) is 6.97. The summed E-state index contributed by atoms with van der Waals surface area (Å²) in [5.41, 5.74) is 2.75. The van der Waals surface area contributed by atoms with E-state index in [4.69, 9.17) is 4.98 Å². The van der Waals surface area contributed by atoms with Gasteiger partial charge >= 0.3 is 0 Å². The van der Waals surface area contributed by atoms with Gasteiger partial charge in [0.15, 0.2) is 0 Å². The van der Waals surface area contributed by atoms with E-state index >= 15 is 0 Å². The van der Waals surface area contributed by atoms with Gasteiger partial charge in [0.2, 0.25) is 5.95 Å². The highest BCUT2D eigenvalue weighted by molar-refractivity contribution is 7.14. The molecular weight excluding hydrogens is 558 g/mol. The zero-order chi connectivity index (χ0) is 30.6. The number of allylic oxidation sites excluding steroid dienone is 1. The first-order valence-corrected chi connectivity index (χ1v) is 15.0. The maximum Gasteiger partial charge on any atom is 0.272 e. The average Bonchev–Trinajstić information content (AvgIpc) is 3.66. The van der Waals surface area contributed by atoms with Gasteiger partial charge in [-0.15, -0.1) is 11.3 Å². The van der Waals surface area contributed by atoms with Gasteiger partial charge in [-0.3, -0.25) is 14.9 Å². The molecule has 2 aromatic heterocycles. The van der Waals surface area contributed by atoms with Crippen molar-refractivity contribution >= 4 is 40.1 Å². The Morgan fingerprint density at radius 2 is 2.00 bits per heavy atom. The first-order chi connectivity index (χ1) is 19.9. The van der Waals surface area contributed by atoms with Crippen molar-refractivity contribution in [2.75, 3.05) is 18.4 Å². The molecule has 0 unspecified atom stereocenters. The second kappa shape index (κ2) is 13.1. The highest BCUT2D eigenvalue weighted by Gasteiger charge is 2.32. The van der Waals surface area contributed by atoms with E-state index in [0.717, 1.165) is 41.8 Å². The number of nitrogens with one attached hydrogen (secondary N) is 2. The maximum absolute atomic E-state index is 13.3. The van der Waals surface area contributed by atoms with Gasteiger partial charge in [-0.2, -0.15) is 5.26 Å². The smallest absolute Gasteiger partial charge is 0.272 e. The summed E-state index contributed by atoms with van der Waals surface area (Å²) in [6, 6.07) is 10.4. The Kier molecular flexibility index (Phi) is 9.79. The molecule has 42 heavy (non-hydrogen) atoms. The summed E-state index contributed by atoms with van der Waals surface area (Å²) in [6.07, 6.45) is 0.553. The topological polar surface area (TPSA) is 103 Å². The minimum Gasteiger partial charge on any atom is -0.333 e. The van der Waals surface area contributed by atoms with Gasteiger partial charge in [0.05, 0.1) is 26.8 Å². The molecule has 1 atom stereocenters. The quantitative estimate of drug-likeness (QED) is 0.205. The van der Waals surface area contributed by atoms with Crippen molar-refractivity contribution < 1.29 is 18.4 Å². The normalized spacial score (nSPS) is 16.0. The van der Waals surface area contributed by atoms with E-state index in [1.807, 2.05) is 36.6 Å². The number of halogens is 2. The van der Waals surface area contributed by atoms with Gasteiger partial charge < -0.3 is 14.8 Å². The van der Waals surface area contributed by atoms with Crippen molar-refractivity contribution in [1.29, 1.82) is 5.26 Å². The number of hydrogen-bond donors (Lipinski definition) is 2. The summed E-state index contributed by atoms with van der Waals surface area (Å²) in [6.45, 7) is 12.7. The van der Waals surface area contributed by atoms with Crippen LogP contribution in [0.5, 0.6) is 0 Å². The number of anilines is 1. The number of likely N-dealkylation sites (tertiary alicyclic amines) is 1. The largest absolute Gasteiger partial charge is 0.333 e. The molecule has 1 saturated heterocycles. The SMILES string of the molecule is CC(C)/C=C(\C#N)C(=O)N1CCC[C@@H]1Cn1c(NC(=O)c2ccc(C(F)F)s2)nc2cc(CNCC(C)(C)C)ccc21. The van der Waals surface area contributed by atoms with Gasteiger partial charge in [-0.05, 0) is 54.0 Å². The zero-order valence-electron chi connectivity index (χ0n) is 24.7. The molecule has 3 heterocycles. The lowest BCUT2D eigenvalue weighted by Gasteiger charge is -2.26. The Morgan fingerprint density at radius 1 is 1.24 bits per heavy atom. The van der Waals surface area contributed by atoms with E-state index in [9.17, 15) is 23.6 Å². The summed E-state index contributed by atoms with van der Waals surface area (Å²) < 4.78 is 28.2. The number of nitriles is 1. The third kappa shape index (κ3) is 7.61. The van der Waals surface area contributed by atoms with Crippen molar-refractivity contribution in [1.82, 2.24) is 19.8 Å². The van der Waals surface area contributed by atoms with Crippen LogP contribution in [0.1, 0.15) is 74.0 Å². The van der Waals surface area contributed by atoms with E-state index in [1.165, 1.54) is 12.1 Å². The number of thiophene rings is 1. The number of rotatable bonds is 10. The number of amides is 2. The summed E-state index contributed by atoms with van der Waals surface area (Å²) in [5, 5.41) is 15.9. The molecule has 2 N–H and O–H groups in total. The molecule has 0 spiro atoms. The fourth-order valence-electron chi connectivity index (χ4n) is 5.05. The van der Waals surface area contributed by atoms with Gasteiger partial charge in [-0.25, -0.2) is 13.8 Å². The second-order valence-electron chi connectivity index (χ2n) is 12.2. The minimum atomic E-state index is -2.65.